The molecular formula is C11H8F6N2O4. The molecule has 0 aromatic heterocycles. The van der Waals surface area contributed by atoms with Crippen LogP contribution in [0.4, 0.5) is 37.7 Å². The number of anilines is 1. The molecule has 0 saturated carbocycles. The van der Waals surface area contributed by atoms with Gasteiger partial charge in [-0.15, -0.1) is 0 Å². The van der Waals surface area contributed by atoms with Crippen LogP contribution in [0.25, 0.3) is 0 Å². The molecule has 1 amide bonds. The Bertz CT molecular complexity index is 638. The average Bonchev–Trinajstić information content (AvgIpc) is 2.35. The zero-order valence-electron chi connectivity index (χ0n) is 11.1. The summed E-state index contributed by atoms with van der Waals surface area (Å²) in [5.41, 5.74) is -7.74. The third-order valence-electron chi connectivity index (χ3n) is 2.75. The van der Waals surface area contributed by atoms with E-state index >= 15 is 0 Å². The number of nitro benzene ring substituents is 1. The Kier molecular flexibility index (Phi) is 4.61. The van der Waals surface area contributed by atoms with E-state index in [0.29, 0.717) is 12.1 Å². The van der Waals surface area contributed by atoms with Crippen LogP contribution in [0, 0.1) is 10.1 Å². The average molecular weight is 346 g/mol. The smallest absolute Gasteiger partial charge is 0.373 e. The molecule has 0 aliphatic heterocycles. The minimum Gasteiger partial charge on any atom is -0.373 e. The standard InChI is InChI=1S/C11H8F6N2O4/c1-9(21,11(15,16)17)8(20)18-5-2-3-7(19(22)23)6(4-5)10(12,13)14/h2-4,21H,1H3,(H,18,20). The third-order valence-corrected chi connectivity index (χ3v) is 2.75. The van der Waals surface area contributed by atoms with Gasteiger partial charge in [-0.25, -0.2) is 0 Å². The van der Waals surface area contributed by atoms with Crippen molar-refractivity contribution >= 4 is 17.3 Å². The van der Waals surface area contributed by atoms with Crippen LogP contribution >= 0.6 is 0 Å². The largest absolute Gasteiger partial charge is 0.426 e. The molecule has 6 nitrogen and oxygen atoms in total. The van der Waals surface area contributed by atoms with Crippen molar-refractivity contribution in [2.45, 2.75) is 24.9 Å². The lowest BCUT2D eigenvalue weighted by Crippen LogP contribution is -2.52. The second-order valence-electron chi connectivity index (χ2n) is 4.51. The number of aliphatic hydroxyl groups is 1. The number of benzene rings is 1. The molecule has 12 heteroatoms. The molecule has 23 heavy (non-hydrogen) atoms. The van der Waals surface area contributed by atoms with Crippen molar-refractivity contribution in [1.82, 2.24) is 0 Å². The molecule has 0 radical (unpaired) electrons. The van der Waals surface area contributed by atoms with Crippen LogP contribution < -0.4 is 5.32 Å². The van der Waals surface area contributed by atoms with Crippen molar-refractivity contribution in [1.29, 1.82) is 0 Å². The first-order valence-electron chi connectivity index (χ1n) is 5.64. The predicted molar refractivity (Wildman–Crippen MR) is 63.4 cm³/mol. The topological polar surface area (TPSA) is 92.5 Å². The fourth-order valence-electron chi connectivity index (χ4n) is 1.38. The quantitative estimate of drug-likeness (QED) is 0.500. The zero-order chi connectivity index (χ0) is 18.2. The van der Waals surface area contributed by atoms with Gasteiger partial charge in [0.25, 0.3) is 11.6 Å². The third kappa shape index (κ3) is 3.88. The molecule has 2 N–H and O–H groups in total. The number of rotatable bonds is 3. The summed E-state index contributed by atoms with van der Waals surface area (Å²) < 4.78 is 75.4. The molecule has 0 aliphatic carbocycles. The lowest BCUT2D eigenvalue weighted by atomic mass is 10.1. The fraction of sp³-hybridized carbons (Fsp3) is 0.364. The Morgan fingerprint density at radius 3 is 2.13 bits per heavy atom. The molecule has 1 atom stereocenters. The number of alkyl halides is 6. The number of amides is 1. The SMILES string of the molecule is CC(O)(C(=O)Nc1ccc([N+](=O)[O-])c(C(F)(F)F)c1)C(F)(F)F. The monoisotopic (exact) mass is 346 g/mol. The minimum absolute atomic E-state index is 0.0997. The van der Waals surface area contributed by atoms with E-state index in [1.807, 2.05) is 0 Å². The van der Waals surface area contributed by atoms with E-state index in [4.69, 9.17) is 5.11 Å². The van der Waals surface area contributed by atoms with Crippen LogP contribution in [-0.2, 0) is 11.0 Å². The molecule has 128 valence electrons. The first-order chi connectivity index (χ1) is 10.2. The molecule has 0 aliphatic rings. The summed E-state index contributed by atoms with van der Waals surface area (Å²) in [5, 5.41) is 21.0. The molecule has 0 fully saturated rings. The van der Waals surface area contributed by atoms with Gasteiger partial charge in [0.2, 0.25) is 5.60 Å². The van der Waals surface area contributed by atoms with Crippen LogP contribution in [0.5, 0.6) is 0 Å². The van der Waals surface area contributed by atoms with E-state index in [0.717, 1.165) is 0 Å². The molecular weight excluding hydrogens is 338 g/mol. The number of nitrogens with one attached hydrogen (secondary N) is 1. The number of halogens is 6. The number of carbonyl (C=O) groups is 1. The van der Waals surface area contributed by atoms with E-state index in [9.17, 15) is 41.3 Å². The van der Waals surface area contributed by atoms with Gasteiger partial charge in [-0.3, -0.25) is 14.9 Å². The number of hydrogen-bond donors (Lipinski definition) is 2. The summed E-state index contributed by atoms with van der Waals surface area (Å²) in [7, 11) is 0. The highest BCUT2D eigenvalue weighted by atomic mass is 19.4. The summed E-state index contributed by atoms with van der Waals surface area (Å²) in [6.45, 7) is 0.110. The molecule has 0 spiro atoms. The van der Waals surface area contributed by atoms with Crippen LogP contribution in [0.3, 0.4) is 0 Å². The number of hydrogen-bond acceptors (Lipinski definition) is 4. The predicted octanol–water partition coefficient (Wildman–Crippen LogP) is 2.87. The minimum atomic E-state index is -5.37. The van der Waals surface area contributed by atoms with Gasteiger partial charge in [0.05, 0.1) is 4.92 Å². The first kappa shape index (κ1) is 18.7. The maximum absolute atomic E-state index is 12.7. The first-order valence-corrected chi connectivity index (χ1v) is 5.64. The van der Waals surface area contributed by atoms with Gasteiger partial charge in [0, 0.05) is 11.8 Å². The Labute approximate surface area is 123 Å². The maximum atomic E-state index is 12.7. The van der Waals surface area contributed by atoms with E-state index in [-0.39, 0.29) is 13.0 Å². The van der Waals surface area contributed by atoms with Crippen molar-refractivity contribution in [3.05, 3.63) is 33.9 Å². The van der Waals surface area contributed by atoms with Crippen LogP contribution in [0.2, 0.25) is 0 Å². The molecule has 1 rings (SSSR count). The molecule has 0 heterocycles. The van der Waals surface area contributed by atoms with Crippen LogP contribution in [-0.4, -0.2) is 27.7 Å². The van der Waals surface area contributed by atoms with E-state index in [2.05, 4.69) is 0 Å². The van der Waals surface area contributed by atoms with E-state index in [1.165, 1.54) is 5.32 Å². The van der Waals surface area contributed by atoms with E-state index < -0.39 is 45.7 Å². The number of nitro groups is 1. The Morgan fingerprint density at radius 2 is 1.74 bits per heavy atom. The second kappa shape index (κ2) is 5.68. The van der Waals surface area contributed by atoms with Crippen LogP contribution in [0.1, 0.15) is 12.5 Å². The highest BCUT2D eigenvalue weighted by molar-refractivity contribution is 5.97. The lowest BCUT2D eigenvalue weighted by molar-refractivity contribution is -0.388. The van der Waals surface area contributed by atoms with E-state index in [1.54, 1.807) is 0 Å². The van der Waals surface area contributed by atoms with Gasteiger partial charge in [0.1, 0.15) is 5.56 Å². The Morgan fingerprint density at radius 1 is 1.22 bits per heavy atom. The van der Waals surface area contributed by atoms with Crippen molar-refractivity contribution in [2.75, 3.05) is 5.32 Å². The zero-order valence-corrected chi connectivity index (χ0v) is 11.1. The summed E-state index contributed by atoms with van der Waals surface area (Å²) >= 11 is 0. The van der Waals surface area contributed by atoms with Crippen molar-refractivity contribution in [2.24, 2.45) is 0 Å². The highest BCUT2D eigenvalue weighted by Crippen LogP contribution is 2.38. The number of nitrogens with zero attached hydrogens (tertiary/aromatic N) is 1. The van der Waals surface area contributed by atoms with Gasteiger partial charge in [0.15, 0.2) is 0 Å². The molecule has 0 bridgehead atoms. The molecule has 1 aromatic carbocycles. The maximum Gasteiger partial charge on any atom is 0.426 e. The summed E-state index contributed by atoms with van der Waals surface area (Å²) in [4.78, 5) is 20.6. The molecule has 1 aromatic rings. The van der Waals surface area contributed by atoms with Gasteiger partial charge < -0.3 is 10.4 Å². The van der Waals surface area contributed by atoms with Crippen molar-refractivity contribution < 1.29 is 41.2 Å². The second-order valence-corrected chi connectivity index (χ2v) is 4.51. The normalized spacial score (nSPS) is 15.0. The van der Waals surface area contributed by atoms with Crippen molar-refractivity contribution in [3.8, 4) is 0 Å². The van der Waals surface area contributed by atoms with Gasteiger partial charge in [-0.2, -0.15) is 26.3 Å². The number of carbonyl (C=O) groups excluding carboxylic acids is 1. The summed E-state index contributed by atoms with van der Waals surface area (Å²) in [6.07, 6.45) is -10.5. The Balaban J connectivity index is 3.22. The summed E-state index contributed by atoms with van der Waals surface area (Å²) in [6, 6.07) is 1.08. The highest BCUT2D eigenvalue weighted by Gasteiger charge is 2.55. The fourth-order valence-corrected chi connectivity index (χ4v) is 1.38. The summed E-state index contributed by atoms with van der Waals surface area (Å²) in [5.74, 6) is -2.04. The molecule has 1 unspecified atom stereocenters. The van der Waals surface area contributed by atoms with Crippen molar-refractivity contribution in [3.63, 3.8) is 0 Å². The van der Waals surface area contributed by atoms with Gasteiger partial charge in [-0.1, -0.05) is 0 Å². The van der Waals surface area contributed by atoms with Gasteiger partial charge >= 0.3 is 12.4 Å². The Hall–Kier alpha value is -2.37. The lowest BCUT2D eigenvalue weighted by Gasteiger charge is -2.25. The van der Waals surface area contributed by atoms with Crippen LogP contribution in [0.15, 0.2) is 18.2 Å². The molecule has 0 saturated heterocycles. The van der Waals surface area contributed by atoms with Gasteiger partial charge in [-0.05, 0) is 19.1 Å².